The molecule has 1 aliphatic carbocycles. The Bertz CT molecular complexity index is 1040. The highest BCUT2D eigenvalue weighted by Crippen LogP contribution is 2.23. The molecular weight excluding hydrogens is 412 g/mol. The van der Waals surface area contributed by atoms with Gasteiger partial charge in [0.1, 0.15) is 11.5 Å². The van der Waals surface area contributed by atoms with Gasteiger partial charge in [-0.2, -0.15) is 5.10 Å². The Balaban J connectivity index is 1.66. The summed E-state index contributed by atoms with van der Waals surface area (Å²) in [6.07, 6.45) is 19.2. The molecule has 3 rings (SSSR count). The number of aromatic nitrogens is 3. The van der Waals surface area contributed by atoms with E-state index in [0.717, 1.165) is 23.5 Å². The zero-order chi connectivity index (χ0) is 23.5. The van der Waals surface area contributed by atoms with E-state index in [9.17, 15) is 0 Å². The fraction of sp³-hybridized carbons (Fsp3) is 0.385. The van der Waals surface area contributed by atoms with Crippen LogP contribution < -0.4 is 10.1 Å². The molecule has 2 aromatic rings. The van der Waals surface area contributed by atoms with E-state index < -0.39 is 0 Å². The number of hydrogen-bond acceptors (Lipinski definition) is 4. The third-order valence-corrected chi connectivity index (χ3v) is 5.46. The Kier molecular flexibility index (Phi) is 9.18. The molecule has 0 unspecified atom stereocenters. The molecule has 7 heteroatoms. The lowest BCUT2D eigenvalue weighted by molar-refractivity contribution is 0.356. The van der Waals surface area contributed by atoms with Crippen LogP contribution in [0.25, 0.3) is 11.3 Å². The molecule has 0 aromatic carbocycles. The molecule has 0 radical (unpaired) electrons. The van der Waals surface area contributed by atoms with Crippen molar-refractivity contribution >= 4 is 12.2 Å². The molecular formula is C26H34N6O. The lowest BCUT2D eigenvalue weighted by Gasteiger charge is -2.21. The van der Waals surface area contributed by atoms with Crippen molar-refractivity contribution in [2.45, 2.75) is 46.0 Å². The summed E-state index contributed by atoms with van der Waals surface area (Å²) < 4.78 is 7.74. The summed E-state index contributed by atoms with van der Waals surface area (Å²) in [7, 11) is 1.88. The molecule has 0 saturated heterocycles. The number of rotatable bonds is 8. The van der Waals surface area contributed by atoms with Gasteiger partial charge in [-0.3, -0.25) is 9.67 Å². The van der Waals surface area contributed by atoms with Gasteiger partial charge in [-0.1, -0.05) is 25.8 Å². The van der Waals surface area contributed by atoms with Gasteiger partial charge in [0.15, 0.2) is 0 Å². The number of aryl methyl sites for hydroxylation is 1. The zero-order valence-corrected chi connectivity index (χ0v) is 19.9. The molecule has 0 aliphatic heterocycles. The molecule has 0 amide bonds. The Morgan fingerprint density at radius 1 is 1.30 bits per heavy atom. The van der Waals surface area contributed by atoms with Crippen LogP contribution >= 0.6 is 0 Å². The van der Waals surface area contributed by atoms with Crippen LogP contribution in [0.4, 0.5) is 0 Å². The number of guanidine groups is 1. The molecule has 0 spiro atoms. The number of hydrogen-bond donors (Lipinski definition) is 1. The minimum atomic E-state index is 0.614. The molecule has 1 saturated carbocycles. The lowest BCUT2D eigenvalue weighted by Crippen LogP contribution is -2.29. The standard InChI is InChI=1S/C26H34N6O/c1-5-23(33-24-14-15-28-25(16-24)22-18-30-32(4)19-22)13-12-20(3)31-26(27-6-2)29-17-21-10-8-7-9-11-21/h5-6,12-16,18-19,21H,1,7-11,17H2,2-4H3,(H,29,31)/b20-12+,23-13+,27-6-. The fourth-order valence-electron chi connectivity index (χ4n) is 3.74. The molecule has 1 aliphatic rings. The third-order valence-electron chi connectivity index (χ3n) is 5.46. The second-order valence-corrected chi connectivity index (χ2v) is 8.17. The number of aliphatic imine (C=N–C) groups is 2. The summed E-state index contributed by atoms with van der Waals surface area (Å²) in [4.78, 5) is 13.4. The van der Waals surface area contributed by atoms with Crippen molar-refractivity contribution in [1.29, 1.82) is 0 Å². The van der Waals surface area contributed by atoms with Gasteiger partial charge in [-0.15, -0.1) is 0 Å². The molecule has 7 nitrogen and oxygen atoms in total. The number of ether oxygens (including phenoxy) is 1. The Labute approximate surface area is 196 Å². The first-order chi connectivity index (χ1) is 16.1. The maximum Gasteiger partial charge on any atom is 0.222 e. The summed E-state index contributed by atoms with van der Waals surface area (Å²) >= 11 is 0. The minimum absolute atomic E-state index is 0.614. The topological polar surface area (TPSA) is 76.7 Å². The van der Waals surface area contributed by atoms with Crippen molar-refractivity contribution in [1.82, 2.24) is 20.1 Å². The summed E-state index contributed by atoms with van der Waals surface area (Å²) in [5.74, 6) is 2.64. The highest BCUT2D eigenvalue weighted by molar-refractivity contribution is 5.87. The SMILES string of the molecule is C=C\C(=C/C=C(C)/N=C(\N=C/C)NCC1CCCCC1)Oc1ccnc(-c2cnn(C)c2)c1. The van der Waals surface area contributed by atoms with Crippen LogP contribution in [0.2, 0.25) is 0 Å². The highest BCUT2D eigenvalue weighted by Gasteiger charge is 2.13. The van der Waals surface area contributed by atoms with Crippen molar-refractivity contribution < 1.29 is 4.74 Å². The first kappa shape index (κ1) is 24.2. The summed E-state index contributed by atoms with van der Waals surface area (Å²) in [6, 6.07) is 3.70. The van der Waals surface area contributed by atoms with Gasteiger partial charge in [-0.05, 0) is 56.9 Å². The monoisotopic (exact) mass is 446 g/mol. The van der Waals surface area contributed by atoms with Crippen LogP contribution in [0.5, 0.6) is 5.75 Å². The first-order valence-corrected chi connectivity index (χ1v) is 11.5. The molecule has 1 fully saturated rings. The van der Waals surface area contributed by atoms with Crippen molar-refractivity contribution in [3.05, 3.63) is 67.0 Å². The van der Waals surface area contributed by atoms with Gasteiger partial charge in [0, 0.05) is 49.5 Å². The van der Waals surface area contributed by atoms with Crippen LogP contribution in [-0.4, -0.2) is 33.5 Å². The highest BCUT2D eigenvalue weighted by atomic mass is 16.5. The number of nitrogens with zero attached hydrogens (tertiary/aromatic N) is 5. The maximum absolute atomic E-state index is 6.00. The van der Waals surface area contributed by atoms with E-state index in [1.165, 1.54) is 32.1 Å². The molecule has 2 aromatic heterocycles. The minimum Gasteiger partial charge on any atom is -0.457 e. The smallest absolute Gasteiger partial charge is 0.222 e. The van der Waals surface area contributed by atoms with E-state index in [1.807, 2.05) is 51.4 Å². The van der Waals surface area contributed by atoms with E-state index in [-0.39, 0.29) is 0 Å². The zero-order valence-electron chi connectivity index (χ0n) is 19.9. The molecule has 33 heavy (non-hydrogen) atoms. The van der Waals surface area contributed by atoms with Crippen molar-refractivity contribution in [2.24, 2.45) is 23.0 Å². The molecule has 1 N–H and O–H groups in total. The van der Waals surface area contributed by atoms with E-state index in [2.05, 4.69) is 32.0 Å². The quantitative estimate of drug-likeness (QED) is 0.253. The van der Waals surface area contributed by atoms with Crippen LogP contribution in [-0.2, 0) is 7.05 Å². The van der Waals surface area contributed by atoms with Gasteiger partial charge in [0.25, 0.3) is 0 Å². The average molecular weight is 447 g/mol. The second-order valence-electron chi connectivity index (χ2n) is 8.17. The van der Waals surface area contributed by atoms with E-state index >= 15 is 0 Å². The number of pyridine rings is 1. The first-order valence-electron chi connectivity index (χ1n) is 11.5. The average Bonchev–Trinajstić information content (AvgIpc) is 3.27. The number of allylic oxidation sites excluding steroid dienone is 4. The van der Waals surface area contributed by atoms with Gasteiger partial charge in [0.05, 0.1) is 11.9 Å². The van der Waals surface area contributed by atoms with E-state index in [4.69, 9.17) is 4.74 Å². The molecule has 0 bridgehead atoms. The summed E-state index contributed by atoms with van der Waals surface area (Å²) in [5, 5.41) is 7.61. The van der Waals surface area contributed by atoms with Crippen LogP contribution in [0, 0.1) is 5.92 Å². The van der Waals surface area contributed by atoms with Gasteiger partial charge < -0.3 is 10.1 Å². The van der Waals surface area contributed by atoms with Crippen LogP contribution in [0.15, 0.2) is 77.0 Å². The lowest BCUT2D eigenvalue weighted by atomic mass is 9.89. The van der Waals surface area contributed by atoms with E-state index in [0.29, 0.717) is 23.4 Å². The molecule has 174 valence electrons. The van der Waals surface area contributed by atoms with Crippen LogP contribution in [0.1, 0.15) is 46.0 Å². The second kappa shape index (κ2) is 12.5. The fourth-order valence-corrected chi connectivity index (χ4v) is 3.74. The molecule has 2 heterocycles. The van der Waals surface area contributed by atoms with Crippen molar-refractivity contribution in [3.8, 4) is 17.0 Å². The predicted octanol–water partition coefficient (Wildman–Crippen LogP) is 5.45. The van der Waals surface area contributed by atoms with Gasteiger partial charge in [-0.25, -0.2) is 9.98 Å². The third kappa shape index (κ3) is 7.86. The maximum atomic E-state index is 6.00. The number of nitrogens with one attached hydrogen (secondary N) is 1. The van der Waals surface area contributed by atoms with E-state index in [1.54, 1.807) is 29.4 Å². The predicted molar refractivity (Wildman–Crippen MR) is 135 cm³/mol. The van der Waals surface area contributed by atoms with Gasteiger partial charge in [0.2, 0.25) is 5.96 Å². The molecule has 0 atom stereocenters. The largest absolute Gasteiger partial charge is 0.457 e. The van der Waals surface area contributed by atoms with Crippen LogP contribution in [0.3, 0.4) is 0 Å². The summed E-state index contributed by atoms with van der Waals surface area (Å²) in [6.45, 7) is 8.63. The Morgan fingerprint density at radius 2 is 2.12 bits per heavy atom. The normalized spacial score (nSPS) is 16.3. The Hall–Kier alpha value is -3.48. The van der Waals surface area contributed by atoms with Gasteiger partial charge >= 0.3 is 0 Å². The Morgan fingerprint density at radius 3 is 2.82 bits per heavy atom. The van der Waals surface area contributed by atoms with Crippen molar-refractivity contribution in [2.75, 3.05) is 6.54 Å². The van der Waals surface area contributed by atoms with Crippen molar-refractivity contribution in [3.63, 3.8) is 0 Å². The summed E-state index contributed by atoms with van der Waals surface area (Å²) in [5.41, 5.74) is 2.55.